The first-order valence-corrected chi connectivity index (χ1v) is 8.02. The van der Waals surface area contributed by atoms with Gasteiger partial charge in [-0.15, -0.1) is 0 Å². The minimum Gasteiger partial charge on any atom is -1.00 e. The molecule has 0 radical (unpaired) electrons. The zero-order valence-electron chi connectivity index (χ0n) is 16.0. The number of carboxylic acids is 1. The van der Waals surface area contributed by atoms with Gasteiger partial charge in [0.25, 0.3) is 0 Å². The van der Waals surface area contributed by atoms with Gasteiger partial charge in [-0.05, 0) is 70.3 Å². The molecule has 1 aliphatic rings. The molecule has 128 valence electrons. The van der Waals surface area contributed by atoms with Crippen LogP contribution in [0.1, 0.15) is 56.9 Å². The van der Waals surface area contributed by atoms with E-state index in [2.05, 4.69) is 4.90 Å². The number of benzene rings is 1. The number of hydrogen-bond donors (Lipinski definition) is 1. The van der Waals surface area contributed by atoms with Crippen LogP contribution in [0.4, 0.5) is 0 Å². The molecule has 0 atom stereocenters. The van der Waals surface area contributed by atoms with Gasteiger partial charge in [0.2, 0.25) is 0 Å². The minimum absolute atomic E-state index is 0. The largest absolute Gasteiger partial charge is 1.00 e. The molecule has 0 bridgehead atoms. The van der Waals surface area contributed by atoms with Crippen LogP contribution >= 0.6 is 0 Å². The van der Waals surface area contributed by atoms with Crippen LogP contribution < -0.4 is 18.9 Å². The van der Waals surface area contributed by atoms with Crippen molar-refractivity contribution in [3.63, 3.8) is 0 Å². The van der Waals surface area contributed by atoms with Gasteiger partial charge < -0.3 is 11.3 Å². The van der Waals surface area contributed by atoms with Crippen LogP contribution in [0.2, 0.25) is 0 Å². The predicted molar refractivity (Wildman–Crippen MR) is 88.8 cm³/mol. The molecule has 0 saturated carbocycles. The number of carbonyl (C=O) groups is 2. The van der Waals surface area contributed by atoms with Crippen molar-refractivity contribution in [3.8, 4) is 0 Å². The number of rotatable bonds is 4. The molecule has 24 heavy (non-hydrogen) atoms. The Morgan fingerprint density at radius 1 is 1.21 bits per heavy atom. The molecular formula is C18H26LiNO4. The molecule has 1 N–H and O–H groups in total. The summed E-state index contributed by atoms with van der Waals surface area (Å²) in [4.78, 5) is 24.9. The third-order valence-electron chi connectivity index (χ3n) is 3.99. The number of carbonyl (C=O) groups excluding carboxylic acids is 1. The summed E-state index contributed by atoms with van der Waals surface area (Å²) in [6.07, 6.45) is 1.93. The number of nitrogens with zero attached hydrogens (tertiary/aromatic N) is 1. The maximum absolute atomic E-state index is 11.9. The van der Waals surface area contributed by atoms with Crippen LogP contribution in [-0.4, -0.2) is 47.2 Å². The van der Waals surface area contributed by atoms with Crippen molar-refractivity contribution in [2.75, 3.05) is 19.6 Å². The molecule has 1 saturated heterocycles. The van der Waals surface area contributed by atoms with Crippen molar-refractivity contribution in [2.45, 2.75) is 45.1 Å². The molecule has 1 aromatic carbocycles. The van der Waals surface area contributed by atoms with Crippen LogP contribution in [-0.2, 0) is 9.53 Å². The summed E-state index contributed by atoms with van der Waals surface area (Å²) in [5.74, 6) is -0.654. The summed E-state index contributed by atoms with van der Waals surface area (Å²) in [7, 11) is 0. The van der Waals surface area contributed by atoms with Gasteiger partial charge >= 0.3 is 30.8 Å². The maximum Gasteiger partial charge on any atom is 1.00 e. The molecule has 1 aromatic rings. The fourth-order valence-electron chi connectivity index (χ4n) is 2.88. The van der Waals surface area contributed by atoms with E-state index in [0.29, 0.717) is 18.0 Å². The number of esters is 1. The van der Waals surface area contributed by atoms with E-state index < -0.39 is 11.6 Å². The molecule has 2 rings (SSSR count). The van der Waals surface area contributed by atoms with E-state index >= 15 is 0 Å². The first-order chi connectivity index (χ1) is 10.7. The molecule has 1 heterocycles. The summed E-state index contributed by atoms with van der Waals surface area (Å²) in [5, 5.41) is 8.93. The quantitative estimate of drug-likeness (QED) is 0.624. The Balaban J connectivity index is 0.00000288. The molecule has 0 unspecified atom stereocenters. The van der Waals surface area contributed by atoms with E-state index in [0.717, 1.165) is 25.9 Å². The summed E-state index contributed by atoms with van der Waals surface area (Å²) in [5.41, 5.74) is 1.05. The topological polar surface area (TPSA) is 66.8 Å². The molecule has 5 nitrogen and oxygen atoms in total. The van der Waals surface area contributed by atoms with E-state index in [9.17, 15) is 9.59 Å². The fourth-order valence-corrected chi connectivity index (χ4v) is 2.88. The maximum atomic E-state index is 11.9. The predicted octanol–water partition coefficient (Wildman–Crippen LogP) is 0.0224. The van der Waals surface area contributed by atoms with Crippen molar-refractivity contribution in [1.29, 1.82) is 0 Å². The van der Waals surface area contributed by atoms with E-state index in [1.54, 1.807) is 12.1 Å². The third-order valence-corrected chi connectivity index (χ3v) is 3.99. The van der Waals surface area contributed by atoms with Crippen LogP contribution in [0.25, 0.3) is 0 Å². The summed E-state index contributed by atoms with van der Waals surface area (Å²) >= 11 is 0. The summed E-state index contributed by atoms with van der Waals surface area (Å²) in [6, 6.07) is 7.12. The van der Waals surface area contributed by atoms with Gasteiger partial charge in [0.1, 0.15) is 5.60 Å². The van der Waals surface area contributed by atoms with Gasteiger partial charge in [0, 0.05) is 0 Å². The Labute approximate surface area is 157 Å². The van der Waals surface area contributed by atoms with E-state index in [-0.39, 0.29) is 26.3 Å². The normalized spacial score (nSPS) is 16.3. The van der Waals surface area contributed by atoms with E-state index in [1.807, 2.05) is 32.9 Å². The zero-order valence-corrected chi connectivity index (χ0v) is 15.0. The number of likely N-dealkylation sites (tertiary alicyclic amines) is 1. The van der Waals surface area contributed by atoms with Gasteiger partial charge in [0.15, 0.2) is 0 Å². The second-order valence-electron chi connectivity index (χ2n) is 7.06. The van der Waals surface area contributed by atoms with Gasteiger partial charge in [-0.1, -0.05) is 12.1 Å². The molecule has 6 heteroatoms. The average Bonchev–Trinajstić information content (AvgIpc) is 2.46. The van der Waals surface area contributed by atoms with Crippen molar-refractivity contribution >= 4 is 11.9 Å². The van der Waals surface area contributed by atoms with E-state index in [1.165, 1.54) is 5.56 Å². The molecular weight excluding hydrogens is 301 g/mol. The Bertz CT molecular complexity index is 563. The minimum atomic E-state index is -0.899. The Morgan fingerprint density at radius 2 is 1.75 bits per heavy atom. The molecule has 0 aromatic heterocycles. The van der Waals surface area contributed by atoms with E-state index in [4.69, 9.17) is 9.84 Å². The van der Waals surface area contributed by atoms with Crippen molar-refractivity contribution < 1.29 is 39.7 Å². The molecule has 1 fully saturated rings. The summed E-state index contributed by atoms with van der Waals surface area (Å²) in [6.45, 7) is 7.66. The van der Waals surface area contributed by atoms with Crippen molar-refractivity contribution in [1.82, 2.24) is 4.90 Å². The molecule has 0 spiro atoms. The van der Waals surface area contributed by atoms with Gasteiger partial charge in [-0.3, -0.25) is 9.69 Å². The summed E-state index contributed by atoms with van der Waals surface area (Å²) < 4.78 is 5.35. The number of carboxylic acid groups (broad SMARTS) is 1. The standard InChI is InChI=1S/C18H25NO4.Li.H/c1-18(2,3)23-16(20)12-19-10-8-14(9-11-19)13-4-6-15(7-5-13)17(21)22;;/h4-7,14H,8-12H2,1-3H3,(H,21,22);;/q;+1;-1. The smallest absolute Gasteiger partial charge is 1.00 e. The average molecular weight is 327 g/mol. The first kappa shape index (κ1) is 20.8. The van der Waals surface area contributed by atoms with Gasteiger partial charge in [-0.25, -0.2) is 4.79 Å². The Kier molecular flexibility index (Phi) is 7.53. The fraction of sp³-hybridized carbons (Fsp3) is 0.556. The number of hydrogen-bond acceptors (Lipinski definition) is 4. The molecule has 0 amide bonds. The SMILES string of the molecule is CC(C)(C)OC(=O)CN1CCC(c2ccc(C(=O)O)cc2)CC1.[H-].[Li+]. The number of ether oxygens (including phenoxy) is 1. The van der Waals surface area contributed by atoms with Crippen molar-refractivity contribution in [3.05, 3.63) is 35.4 Å². The second-order valence-corrected chi connectivity index (χ2v) is 7.06. The molecule has 1 aliphatic heterocycles. The van der Waals surface area contributed by atoms with Crippen LogP contribution in [0.15, 0.2) is 24.3 Å². The third kappa shape index (κ3) is 6.31. The van der Waals surface area contributed by atoms with Crippen molar-refractivity contribution in [2.24, 2.45) is 0 Å². The number of piperidine rings is 1. The van der Waals surface area contributed by atoms with Crippen LogP contribution in [0, 0.1) is 0 Å². The van der Waals surface area contributed by atoms with Crippen LogP contribution in [0.3, 0.4) is 0 Å². The monoisotopic (exact) mass is 327 g/mol. The zero-order chi connectivity index (χ0) is 17.0. The van der Waals surface area contributed by atoms with Crippen LogP contribution in [0.5, 0.6) is 0 Å². The Hall–Kier alpha value is -1.28. The van der Waals surface area contributed by atoms with Gasteiger partial charge in [-0.2, -0.15) is 0 Å². The second kappa shape index (κ2) is 8.71. The number of aromatic carboxylic acids is 1. The molecule has 0 aliphatic carbocycles. The van der Waals surface area contributed by atoms with Gasteiger partial charge in [0.05, 0.1) is 12.1 Å². The Morgan fingerprint density at radius 3 is 2.21 bits per heavy atom. The first-order valence-electron chi connectivity index (χ1n) is 8.02.